The summed E-state index contributed by atoms with van der Waals surface area (Å²) in [6.45, 7) is 0. The average Bonchev–Trinajstić information content (AvgIpc) is 3.41. The molecular weight excluding hydrogens is 748 g/mol. The van der Waals surface area contributed by atoms with Gasteiger partial charge >= 0.3 is 12.4 Å². The number of carbonyl (C=O) groups excluding carboxylic acids is 4. The summed E-state index contributed by atoms with van der Waals surface area (Å²) in [6.07, 6.45) is -7.88. The average molecular weight is 776 g/mol. The first kappa shape index (κ1) is 36.5. The van der Waals surface area contributed by atoms with Crippen LogP contribution in [0.4, 0.5) is 32.0 Å². The van der Waals surface area contributed by atoms with Crippen LogP contribution in [0, 0.1) is 23.7 Å². The van der Waals surface area contributed by atoms with Crippen LogP contribution in [0.25, 0.3) is 5.57 Å². The Labute approximate surface area is 314 Å². The molecule has 6 atom stereocenters. The maximum absolute atomic E-state index is 15.1. The zero-order valence-electron chi connectivity index (χ0n) is 28.4. The molecule has 3 aliphatic carbocycles. The minimum absolute atomic E-state index is 0.0862. The fourth-order valence-electron chi connectivity index (χ4n) is 9.30. The van der Waals surface area contributed by atoms with E-state index in [1.165, 1.54) is 24.3 Å². The van der Waals surface area contributed by atoms with Crippen LogP contribution in [0.1, 0.15) is 46.6 Å². The lowest BCUT2D eigenvalue weighted by atomic mass is 9.44. The number of carbonyl (C=O) groups is 4. The van der Waals surface area contributed by atoms with E-state index in [2.05, 4.69) is 0 Å². The van der Waals surface area contributed by atoms with E-state index >= 15 is 4.79 Å². The summed E-state index contributed by atoms with van der Waals surface area (Å²) in [5.74, 6) is -9.13. The van der Waals surface area contributed by atoms with Crippen molar-refractivity contribution in [2.45, 2.75) is 36.5 Å². The molecule has 1 heterocycles. The predicted octanol–water partition coefficient (Wildman–Crippen LogP) is 9.11. The molecule has 2 amide bonds. The molecule has 0 unspecified atom stereocenters. The molecule has 0 radical (unpaired) electrons. The number of halogens is 7. The highest BCUT2D eigenvalue weighted by molar-refractivity contribution is 6.32. The number of phenols is 1. The van der Waals surface area contributed by atoms with Gasteiger partial charge in [-0.25, -0.2) is 4.90 Å². The number of ketones is 2. The van der Waals surface area contributed by atoms with Crippen LogP contribution in [0.3, 0.4) is 0 Å². The van der Waals surface area contributed by atoms with Gasteiger partial charge in [0.15, 0.2) is 11.6 Å². The Morgan fingerprint density at radius 1 is 0.745 bits per heavy atom. The molecule has 1 aliphatic heterocycles. The molecule has 6 nitrogen and oxygen atoms in total. The SMILES string of the molecule is O=C1C(c2ccccc2)=CC(=O)[C@@]2(c3ccccc3)[C@@H](c3cc(Cl)ccc3O)C3=CC[C@@H]4C(=O)N(c5cc(C(F)(F)F)cc(C(F)(F)F)c5)C(=O)[C@@H]4[C@@H]3C[C@@H]12. The van der Waals surface area contributed by atoms with Crippen molar-refractivity contribution in [3.8, 4) is 5.75 Å². The van der Waals surface area contributed by atoms with Gasteiger partial charge in [0.2, 0.25) is 11.8 Å². The normalized spacial score (nSPS) is 26.6. The molecule has 0 bridgehead atoms. The highest BCUT2D eigenvalue weighted by Crippen LogP contribution is 2.64. The second kappa shape index (κ2) is 12.8. The standard InChI is InChI=1S/C42H28ClF6NO5/c43-25-11-14-33(51)31(18-25)36-27-12-13-28-35(39(55)50(38(28)54)26-16-23(41(44,45)46)15-24(17-26)42(47,48)49)30(27)19-32-37(53)29(21-7-3-1-4-8-21)20-34(52)40(32,36)22-9-5-2-6-10-22/h1-12,14-18,20,28,30,32,35-36,51H,13,19H2/t28-,30+,32-,35-,36+,40-/m0/s1. The molecule has 8 rings (SSSR count). The van der Waals surface area contributed by atoms with Gasteiger partial charge in [0.25, 0.3) is 0 Å². The molecule has 0 aromatic heterocycles. The summed E-state index contributed by atoms with van der Waals surface area (Å²) >= 11 is 6.49. The second-order valence-corrected chi connectivity index (χ2v) is 14.7. The predicted molar refractivity (Wildman–Crippen MR) is 189 cm³/mol. The van der Waals surface area contributed by atoms with Gasteiger partial charge in [-0.2, -0.15) is 26.3 Å². The third-order valence-electron chi connectivity index (χ3n) is 11.5. The Balaban J connectivity index is 1.34. The van der Waals surface area contributed by atoms with Crippen LogP contribution in [0.15, 0.2) is 115 Å². The van der Waals surface area contributed by atoms with Gasteiger partial charge < -0.3 is 5.11 Å². The summed E-state index contributed by atoms with van der Waals surface area (Å²) in [6, 6.07) is 21.8. The summed E-state index contributed by atoms with van der Waals surface area (Å²) in [7, 11) is 0. The summed E-state index contributed by atoms with van der Waals surface area (Å²) < 4.78 is 83.4. The Hall–Kier alpha value is -5.49. The zero-order valence-corrected chi connectivity index (χ0v) is 29.1. The van der Waals surface area contributed by atoms with Gasteiger partial charge in [0.05, 0.1) is 34.1 Å². The van der Waals surface area contributed by atoms with Crippen LogP contribution in [0.2, 0.25) is 5.02 Å². The van der Waals surface area contributed by atoms with Crippen LogP contribution in [0.5, 0.6) is 5.75 Å². The van der Waals surface area contributed by atoms with E-state index in [4.69, 9.17) is 11.6 Å². The molecule has 0 spiro atoms. The number of alkyl halides is 6. The van der Waals surface area contributed by atoms with E-state index in [1.54, 1.807) is 66.7 Å². The van der Waals surface area contributed by atoms with Gasteiger partial charge in [-0.1, -0.05) is 83.9 Å². The van der Waals surface area contributed by atoms with Crippen molar-refractivity contribution in [1.29, 1.82) is 0 Å². The van der Waals surface area contributed by atoms with Crippen LogP contribution >= 0.6 is 11.6 Å². The lowest BCUT2D eigenvalue weighted by Gasteiger charge is -2.55. The Kier molecular flexibility index (Phi) is 8.49. The van der Waals surface area contributed by atoms with Crippen LogP contribution < -0.4 is 4.90 Å². The molecule has 2 fully saturated rings. The summed E-state index contributed by atoms with van der Waals surface area (Å²) in [5.41, 5.74) is -4.40. The van der Waals surface area contributed by atoms with Crippen molar-refractivity contribution < 1.29 is 50.6 Å². The number of amides is 2. The minimum atomic E-state index is -5.24. The number of phenolic OH excluding ortho intramolecular Hbond substituents is 1. The number of benzene rings is 4. The highest BCUT2D eigenvalue weighted by atomic mass is 35.5. The maximum atomic E-state index is 15.1. The lowest BCUT2D eigenvalue weighted by molar-refractivity contribution is -0.143. The van der Waals surface area contributed by atoms with Gasteiger partial charge in [0, 0.05) is 28.0 Å². The van der Waals surface area contributed by atoms with Gasteiger partial charge in [-0.3, -0.25) is 19.2 Å². The molecule has 4 aromatic carbocycles. The third-order valence-corrected chi connectivity index (χ3v) is 11.7. The number of nitrogens with zero attached hydrogens (tertiary/aromatic N) is 1. The van der Waals surface area contributed by atoms with E-state index in [-0.39, 0.29) is 40.8 Å². The fourth-order valence-corrected chi connectivity index (χ4v) is 9.48. The number of fused-ring (bicyclic) bond motifs is 4. The van der Waals surface area contributed by atoms with E-state index in [1.807, 2.05) is 0 Å². The zero-order chi connectivity index (χ0) is 39.2. The van der Waals surface area contributed by atoms with Gasteiger partial charge in [-0.15, -0.1) is 0 Å². The molecule has 4 aromatic rings. The van der Waals surface area contributed by atoms with Crippen molar-refractivity contribution in [3.63, 3.8) is 0 Å². The van der Waals surface area contributed by atoms with Crippen LogP contribution in [-0.2, 0) is 36.9 Å². The number of rotatable bonds is 4. The number of aromatic hydroxyl groups is 1. The van der Waals surface area contributed by atoms with E-state index in [9.17, 15) is 45.8 Å². The molecule has 280 valence electrons. The first-order chi connectivity index (χ1) is 26.0. The number of hydrogen-bond donors (Lipinski definition) is 1. The Bertz CT molecular complexity index is 2320. The Morgan fingerprint density at radius 3 is 1.98 bits per heavy atom. The van der Waals surface area contributed by atoms with Gasteiger partial charge in [0.1, 0.15) is 5.75 Å². The lowest BCUT2D eigenvalue weighted by Crippen LogP contribution is -2.58. The fraction of sp³-hybridized carbons (Fsp3) is 0.238. The summed E-state index contributed by atoms with van der Waals surface area (Å²) in [5, 5.41) is 11.6. The molecule has 1 saturated heterocycles. The number of anilines is 1. The van der Waals surface area contributed by atoms with Crippen molar-refractivity contribution in [1.82, 2.24) is 0 Å². The first-order valence-electron chi connectivity index (χ1n) is 17.3. The third kappa shape index (κ3) is 5.63. The molecule has 1 N–H and O–H groups in total. The largest absolute Gasteiger partial charge is 0.508 e. The first-order valence-corrected chi connectivity index (χ1v) is 17.7. The van der Waals surface area contributed by atoms with Crippen molar-refractivity contribution in [2.24, 2.45) is 23.7 Å². The van der Waals surface area contributed by atoms with E-state index in [0.717, 1.165) is 0 Å². The molecule has 55 heavy (non-hydrogen) atoms. The van der Waals surface area contributed by atoms with Crippen molar-refractivity contribution in [3.05, 3.63) is 148 Å². The number of hydrogen-bond acceptors (Lipinski definition) is 5. The minimum Gasteiger partial charge on any atom is -0.508 e. The van der Waals surface area contributed by atoms with Crippen molar-refractivity contribution >= 4 is 46.2 Å². The number of allylic oxidation sites excluding steroid dienone is 4. The molecule has 13 heteroatoms. The topological polar surface area (TPSA) is 91.8 Å². The van der Waals surface area contributed by atoms with Crippen molar-refractivity contribution in [2.75, 3.05) is 4.90 Å². The quantitative estimate of drug-likeness (QED) is 0.127. The number of Topliss-reactive ketones (excluding diaryl/α,β-unsaturated/α-hetero) is 1. The monoisotopic (exact) mass is 775 g/mol. The van der Waals surface area contributed by atoms with E-state index in [0.29, 0.717) is 33.7 Å². The maximum Gasteiger partial charge on any atom is 0.416 e. The Morgan fingerprint density at radius 2 is 1.36 bits per heavy atom. The highest BCUT2D eigenvalue weighted by Gasteiger charge is 2.66. The second-order valence-electron chi connectivity index (χ2n) is 14.3. The smallest absolute Gasteiger partial charge is 0.416 e. The number of imide groups is 1. The summed E-state index contributed by atoms with van der Waals surface area (Å²) in [4.78, 5) is 59.0. The molecule has 1 saturated carbocycles. The van der Waals surface area contributed by atoms with Gasteiger partial charge in [-0.05, 0) is 72.4 Å². The molecule has 4 aliphatic rings. The molecular formula is C42H28ClF6NO5. The van der Waals surface area contributed by atoms with Crippen LogP contribution in [-0.4, -0.2) is 28.5 Å². The van der Waals surface area contributed by atoms with E-state index < -0.39 is 87.6 Å².